The van der Waals surface area contributed by atoms with Crippen LogP contribution in [0.15, 0.2) is 23.1 Å². The second-order valence-electron chi connectivity index (χ2n) is 5.89. The van der Waals surface area contributed by atoms with Crippen molar-refractivity contribution in [2.45, 2.75) is 50.5 Å². The van der Waals surface area contributed by atoms with E-state index in [-0.39, 0.29) is 27.4 Å². The molecule has 0 radical (unpaired) electrons. The van der Waals surface area contributed by atoms with Gasteiger partial charge in [0.1, 0.15) is 0 Å². The van der Waals surface area contributed by atoms with E-state index in [0.29, 0.717) is 13.1 Å². The van der Waals surface area contributed by atoms with Crippen molar-refractivity contribution >= 4 is 27.5 Å². The van der Waals surface area contributed by atoms with Crippen LogP contribution >= 0.6 is 11.6 Å². The third-order valence-corrected chi connectivity index (χ3v) is 6.35. The highest BCUT2D eigenvalue weighted by Gasteiger charge is 2.27. The summed E-state index contributed by atoms with van der Waals surface area (Å²) in [7, 11) is -3.57. The number of nitrogens with zero attached hydrogens (tertiary/aromatic N) is 1. The van der Waals surface area contributed by atoms with Crippen LogP contribution in [0, 0.1) is 0 Å². The van der Waals surface area contributed by atoms with E-state index >= 15 is 0 Å². The van der Waals surface area contributed by atoms with E-state index in [1.54, 1.807) is 0 Å². The number of hydrogen-bond acceptors (Lipinski definition) is 3. The lowest BCUT2D eigenvalue weighted by atomic mass is 10.2. The quantitative estimate of drug-likeness (QED) is 0.879. The number of sulfonamides is 1. The maximum absolute atomic E-state index is 12.7. The molecule has 23 heavy (non-hydrogen) atoms. The van der Waals surface area contributed by atoms with Crippen LogP contribution in [0.3, 0.4) is 0 Å². The van der Waals surface area contributed by atoms with Crippen molar-refractivity contribution in [2.75, 3.05) is 13.1 Å². The third kappa shape index (κ3) is 4.25. The van der Waals surface area contributed by atoms with Crippen LogP contribution in [-0.4, -0.2) is 37.8 Å². The first kappa shape index (κ1) is 18.2. The summed E-state index contributed by atoms with van der Waals surface area (Å²) >= 11 is 6.08. The molecule has 0 unspecified atom stereocenters. The van der Waals surface area contributed by atoms with Crippen LogP contribution in [0.25, 0.3) is 0 Å². The summed E-state index contributed by atoms with van der Waals surface area (Å²) in [5.41, 5.74) is 0.199. The normalized spacial score (nSPS) is 17.7. The molecule has 1 fully saturated rings. The molecule has 5 nitrogen and oxygen atoms in total. The Balaban J connectivity index is 2.30. The topological polar surface area (TPSA) is 66.5 Å². The van der Waals surface area contributed by atoms with Crippen molar-refractivity contribution in [1.29, 1.82) is 0 Å². The van der Waals surface area contributed by atoms with Gasteiger partial charge in [-0.2, -0.15) is 4.31 Å². The minimum atomic E-state index is -3.57. The van der Waals surface area contributed by atoms with E-state index in [9.17, 15) is 13.2 Å². The summed E-state index contributed by atoms with van der Waals surface area (Å²) in [4.78, 5) is 12.4. The van der Waals surface area contributed by atoms with Crippen molar-refractivity contribution in [3.8, 4) is 0 Å². The Kier molecular flexibility index (Phi) is 6.06. The van der Waals surface area contributed by atoms with Gasteiger partial charge in [-0.1, -0.05) is 24.9 Å². The highest BCUT2D eigenvalue weighted by molar-refractivity contribution is 7.89. The van der Waals surface area contributed by atoms with Gasteiger partial charge in [0.25, 0.3) is 5.91 Å². The summed E-state index contributed by atoms with van der Waals surface area (Å²) in [6.45, 7) is 4.91. The largest absolute Gasteiger partial charge is 0.350 e. The first-order valence-electron chi connectivity index (χ1n) is 7.97. The highest BCUT2D eigenvalue weighted by atomic mass is 35.5. The molecule has 1 heterocycles. The summed E-state index contributed by atoms with van der Waals surface area (Å²) < 4.78 is 26.9. The lowest BCUT2D eigenvalue weighted by Gasteiger charge is -2.26. The van der Waals surface area contributed by atoms with Crippen LogP contribution in [0.1, 0.15) is 49.9 Å². The van der Waals surface area contributed by atoms with Crippen LogP contribution in [0.4, 0.5) is 0 Å². The van der Waals surface area contributed by atoms with Gasteiger partial charge in [0.2, 0.25) is 10.0 Å². The SMILES string of the molecule is CC[C@@H](C)NC(=O)c1cc(S(=O)(=O)N2CCCCC2)ccc1Cl. The van der Waals surface area contributed by atoms with Gasteiger partial charge in [-0.15, -0.1) is 0 Å². The Labute approximate surface area is 143 Å². The minimum Gasteiger partial charge on any atom is -0.350 e. The molecule has 128 valence electrons. The molecule has 1 aliphatic heterocycles. The number of carbonyl (C=O) groups is 1. The minimum absolute atomic E-state index is 0.000856. The monoisotopic (exact) mass is 358 g/mol. The zero-order chi connectivity index (χ0) is 17.0. The number of hydrogen-bond donors (Lipinski definition) is 1. The third-order valence-electron chi connectivity index (χ3n) is 4.13. The van der Waals surface area contributed by atoms with Gasteiger partial charge in [-0.05, 0) is 44.4 Å². The van der Waals surface area contributed by atoms with Gasteiger partial charge in [0.15, 0.2) is 0 Å². The number of benzene rings is 1. The van der Waals surface area contributed by atoms with Crippen LogP contribution in [0.5, 0.6) is 0 Å². The second kappa shape index (κ2) is 7.64. The summed E-state index contributed by atoms with van der Waals surface area (Å²) in [5, 5.41) is 3.07. The van der Waals surface area contributed by atoms with Crippen molar-refractivity contribution < 1.29 is 13.2 Å². The number of carbonyl (C=O) groups excluding carboxylic acids is 1. The van der Waals surface area contributed by atoms with Gasteiger partial charge in [0, 0.05) is 19.1 Å². The Morgan fingerprint density at radius 3 is 2.57 bits per heavy atom. The van der Waals surface area contributed by atoms with Gasteiger partial charge in [-0.3, -0.25) is 4.79 Å². The summed E-state index contributed by atoms with van der Waals surface area (Å²) in [6.07, 6.45) is 3.58. The van der Waals surface area contributed by atoms with Gasteiger partial charge in [-0.25, -0.2) is 8.42 Å². The number of rotatable bonds is 5. The summed E-state index contributed by atoms with van der Waals surface area (Å²) in [6, 6.07) is 4.32. The smallest absolute Gasteiger partial charge is 0.253 e. The number of piperidine rings is 1. The van der Waals surface area contributed by atoms with Crippen molar-refractivity contribution in [3.63, 3.8) is 0 Å². The molecule has 0 saturated carbocycles. The van der Waals surface area contributed by atoms with Crippen molar-refractivity contribution in [3.05, 3.63) is 28.8 Å². The molecule has 1 aliphatic rings. The molecule has 0 bridgehead atoms. The van der Waals surface area contributed by atoms with Crippen LogP contribution in [-0.2, 0) is 10.0 Å². The standard InChI is InChI=1S/C16H23ClN2O3S/c1-3-12(2)18-16(20)14-11-13(7-8-15(14)17)23(21,22)19-9-5-4-6-10-19/h7-8,11-12H,3-6,9-10H2,1-2H3,(H,18,20)/t12-/m1/s1. The molecule has 1 aromatic carbocycles. The fourth-order valence-electron chi connectivity index (χ4n) is 2.50. The maximum atomic E-state index is 12.7. The average molecular weight is 359 g/mol. The molecule has 1 N–H and O–H groups in total. The van der Waals surface area contributed by atoms with E-state index in [0.717, 1.165) is 25.7 Å². The zero-order valence-corrected chi connectivity index (χ0v) is 15.1. The predicted octanol–water partition coefficient (Wildman–Crippen LogP) is 3.04. The lowest BCUT2D eigenvalue weighted by molar-refractivity contribution is 0.0939. The number of amides is 1. The first-order chi connectivity index (χ1) is 10.9. The molecule has 1 atom stereocenters. The fraction of sp³-hybridized carbons (Fsp3) is 0.562. The fourth-order valence-corrected chi connectivity index (χ4v) is 4.24. The Morgan fingerprint density at radius 1 is 1.30 bits per heavy atom. The van der Waals surface area contributed by atoms with Crippen molar-refractivity contribution in [2.24, 2.45) is 0 Å². The molecule has 1 saturated heterocycles. The molecule has 0 spiro atoms. The van der Waals surface area contributed by atoms with Crippen LogP contribution < -0.4 is 5.32 Å². The predicted molar refractivity (Wildman–Crippen MR) is 91.3 cm³/mol. The van der Waals surface area contributed by atoms with Crippen molar-refractivity contribution in [1.82, 2.24) is 9.62 Å². The number of nitrogens with one attached hydrogen (secondary N) is 1. The zero-order valence-electron chi connectivity index (χ0n) is 13.5. The second-order valence-corrected chi connectivity index (χ2v) is 8.23. The van der Waals surface area contributed by atoms with Gasteiger partial charge in [0.05, 0.1) is 15.5 Å². The lowest BCUT2D eigenvalue weighted by Crippen LogP contribution is -2.36. The average Bonchev–Trinajstić information content (AvgIpc) is 2.55. The Hall–Kier alpha value is -1.11. The molecular weight excluding hydrogens is 336 g/mol. The first-order valence-corrected chi connectivity index (χ1v) is 9.78. The Bertz CT molecular complexity index is 670. The number of halogens is 1. The Morgan fingerprint density at radius 2 is 1.96 bits per heavy atom. The van der Waals surface area contributed by atoms with Crippen LogP contribution in [0.2, 0.25) is 5.02 Å². The molecule has 1 aromatic rings. The molecule has 7 heteroatoms. The summed E-state index contributed by atoms with van der Waals surface area (Å²) in [5.74, 6) is -0.347. The van der Waals surface area contributed by atoms with E-state index < -0.39 is 10.0 Å². The molecule has 0 aliphatic carbocycles. The maximum Gasteiger partial charge on any atom is 0.253 e. The molecular formula is C16H23ClN2O3S. The molecule has 0 aromatic heterocycles. The van der Waals surface area contributed by atoms with E-state index in [2.05, 4.69) is 5.32 Å². The molecule has 2 rings (SSSR count). The molecule has 1 amide bonds. The van der Waals surface area contributed by atoms with E-state index in [1.165, 1.54) is 22.5 Å². The van der Waals surface area contributed by atoms with Gasteiger partial charge >= 0.3 is 0 Å². The van der Waals surface area contributed by atoms with Gasteiger partial charge < -0.3 is 5.32 Å². The van der Waals surface area contributed by atoms with E-state index in [1.807, 2.05) is 13.8 Å². The highest BCUT2D eigenvalue weighted by Crippen LogP contribution is 2.25. The van der Waals surface area contributed by atoms with E-state index in [4.69, 9.17) is 11.6 Å².